The van der Waals surface area contributed by atoms with Gasteiger partial charge in [-0.2, -0.15) is 0 Å². The minimum Gasteiger partial charge on any atom is -0.464 e. The van der Waals surface area contributed by atoms with Crippen molar-refractivity contribution in [3.8, 4) is 0 Å². The monoisotopic (exact) mass is 628 g/mol. The third-order valence-corrected chi connectivity index (χ3v) is 9.45. The molecule has 3 atom stereocenters. The third kappa shape index (κ3) is 5.79. The molecule has 0 aliphatic carbocycles. The second-order valence-corrected chi connectivity index (χ2v) is 13.0. The molecule has 5 rings (SSSR count). The Morgan fingerprint density at radius 3 is 2.36 bits per heavy atom. The summed E-state index contributed by atoms with van der Waals surface area (Å²) in [6, 6.07) is 14.7. The first-order valence-corrected chi connectivity index (χ1v) is 15.6. The van der Waals surface area contributed by atoms with E-state index >= 15 is 0 Å². The lowest BCUT2D eigenvalue weighted by Crippen LogP contribution is -2.47. The highest BCUT2D eigenvalue weighted by atomic mass is 35.5. The summed E-state index contributed by atoms with van der Waals surface area (Å²) in [7, 11) is 0. The van der Waals surface area contributed by atoms with Gasteiger partial charge >= 0.3 is 5.97 Å². The van der Waals surface area contributed by atoms with Gasteiger partial charge in [0.1, 0.15) is 23.1 Å². The number of esters is 1. The van der Waals surface area contributed by atoms with E-state index in [1.54, 1.807) is 4.90 Å². The Morgan fingerprint density at radius 1 is 1.10 bits per heavy atom. The van der Waals surface area contributed by atoms with Crippen LogP contribution in [0.5, 0.6) is 0 Å². The number of carbonyl (C=O) groups excluding carboxylic acids is 3. The topological polar surface area (TPSA) is 91.3 Å². The Bertz CT molecular complexity index is 1440. The summed E-state index contributed by atoms with van der Waals surface area (Å²) in [6.07, 6.45) is 1.31. The van der Waals surface area contributed by atoms with E-state index < -0.39 is 17.6 Å². The van der Waals surface area contributed by atoms with Gasteiger partial charge in [-0.15, -0.1) is 0 Å². The van der Waals surface area contributed by atoms with Crippen molar-refractivity contribution in [2.45, 2.75) is 58.2 Å². The van der Waals surface area contributed by atoms with Crippen LogP contribution in [0.15, 0.2) is 64.1 Å². The molecule has 0 radical (unpaired) electrons. The first-order valence-electron chi connectivity index (χ1n) is 14.1. The van der Waals surface area contributed by atoms with Crippen LogP contribution < -0.4 is 5.32 Å². The summed E-state index contributed by atoms with van der Waals surface area (Å²) < 4.78 is 4.92. The van der Waals surface area contributed by atoms with Gasteiger partial charge in [0.25, 0.3) is 5.91 Å². The minimum atomic E-state index is -0.659. The summed E-state index contributed by atoms with van der Waals surface area (Å²) in [5, 5.41) is 4.85. The number of carbonyl (C=O) groups is 3. The summed E-state index contributed by atoms with van der Waals surface area (Å²) in [4.78, 5) is 48.0. The van der Waals surface area contributed by atoms with Gasteiger partial charge in [0.2, 0.25) is 5.91 Å². The minimum absolute atomic E-state index is 0.00475. The number of allylic oxidation sites excluding steroid dienone is 1. The number of thioether (sulfide) groups is 1. The van der Waals surface area contributed by atoms with E-state index in [9.17, 15) is 14.4 Å². The van der Waals surface area contributed by atoms with Gasteiger partial charge < -0.3 is 19.9 Å². The van der Waals surface area contributed by atoms with Crippen LogP contribution in [0.2, 0.25) is 10.0 Å². The van der Waals surface area contributed by atoms with E-state index in [4.69, 9.17) is 32.9 Å². The molecule has 2 amide bonds. The molecule has 2 aromatic carbocycles. The van der Waals surface area contributed by atoms with Gasteiger partial charge in [-0.3, -0.25) is 14.4 Å². The molecular weight excluding hydrogens is 595 g/mol. The number of ether oxygens (including phenoxy) is 1. The molecule has 8 nitrogen and oxygen atoms in total. The number of amidine groups is 1. The van der Waals surface area contributed by atoms with Crippen LogP contribution in [0, 0.1) is 5.92 Å². The van der Waals surface area contributed by atoms with Crippen LogP contribution in [0.25, 0.3) is 0 Å². The van der Waals surface area contributed by atoms with E-state index in [0.29, 0.717) is 27.9 Å². The summed E-state index contributed by atoms with van der Waals surface area (Å²) >= 11 is 13.9. The zero-order valence-electron chi connectivity index (χ0n) is 24.0. The largest absolute Gasteiger partial charge is 0.464 e. The van der Waals surface area contributed by atoms with Gasteiger partial charge in [0, 0.05) is 29.2 Å². The van der Waals surface area contributed by atoms with Gasteiger partial charge in [-0.25, -0.2) is 4.99 Å². The summed E-state index contributed by atoms with van der Waals surface area (Å²) in [5.41, 5.74) is 2.26. The molecule has 3 aliphatic heterocycles. The second-order valence-electron chi connectivity index (χ2n) is 11.1. The molecule has 0 bridgehead atoms. The van der Waals surface area contributed by atoms with Gasteiger partial charge in [-0.05, 0) is 72.8 Å². The molecule has 0 saturated carbocycles. The number of amides is 2. The molecule has 11 heteroatoms. The Kier molecular flexibility index (Phi) is 8.92. The average Bonchev–Trinajstić information content (AvgIpc) is 3.64. The highest BCUT2D eigenvalue weighted by Crippen LogP contribution is 2.56. The van der Waals surface area contributed by atoms with Crippen LogP contribution in [-0.4, -0.2) is 58.5 Å². The molecule has 0 aromatic heterocycles. The predicted molar refractivity (Wildman–Crippen MR) is 166 cm³/mol. The Labute approximate surface area is 260 Å². The van der Waals surface area contributed by atoms with Gasteiger partial charge in [0.15, 0.2) is 5.17 Å². The fourth-order valence-electron chi connectivity index (χ4n) is 5.96. The van der Waals surface area contributed by atoms with Crippen molar-refractivity contribution in [2.75, 3.05) is 19.7 Å². The maximum absolute atomic E-state index is 14.2. The number of aliphatic imine (C=N–C) groups is 1. The molecule has 222 valence electrons. The van der Waals surface area contributed by atoms with E-state index in [1.807, 2.05) is 48.5 Å². The number of hydrogen-bond acceptors (Lipinski definition) is 7. The van der Waals surface area contributed by atoms with E-state index in [1.165, 1.54) is 18.7 Å². The van der Waals surface area contributed by atoms with Crippen molar-refractivity contribution in [3.63, 3.8) is 0 Å². The van der Waals surface area contributed by atoms with Crippen LogP contribution in [-0.2, 0) is 24.7 Å². The number of benzene rings is 2. The maximum Gasteiger partial charge on any atom is 0.302 e. The Balaban J connectivity index is 1.49. The van der Waals surface area contributed by atoms with Gasteiger partial charge in [0.05, 0.1) is 12.6 Å². The van der Waals surface area contributed by atoms with E-state index in [2.05, 4.69) is 31.0 Å². The Morgan fingerprint density at radius 2 is 1.74 bits per heavy atom. The number of nitrogens with one attached hydrogen (secondary N) is 1. The van der Waals surface area contributed by atoms with Crippen molar-refractivity contribution < 1.29 is 19.1 Å². The standard InChI is InChI=1S/C31H34Cl2N4O4S/c1-18(2)25-26(29(40)36-16-5-6-24(36)28(39)34-15-17-41-19(3)38)42-30-35-31(4,21-9-13-23(33)14-10-21)27(37(25)30)20-7-11-22(32)12-8-20/h7-14,18,24,27H,5-6,15-17H2,1-4H3,(H,34,39)/t24-,27-,31+/m1/s1. The molecular formula is C31H34Cl2N4O4S. The number of halogens is 2. The second kappa shape index (κ2) is 12.3. The first-order chi connectivity index (χ1) is 20.0. The molecule has 0 unspecified atom stereocenters. The lowest BCUT2D eigenvalue weighted by atomic mass is 9.81. The molecule has 1 N–H and O–H groups in total. The zero-order chi connectivity index (χ0) is 30.2. The van der Waals surface area contributed by atoms with Crippen LogP contribution in [0.1, 0.15) is 57.7 Å². The quantitative estimate of drug-likeness (QED) is 0.289. The molecule has 3 heterocycles. The van der Waals surface area contributed by atoms with Crippen molar-refractivity contribution in [3.05, 3.63) is 80.3 Å². The fraction of sp³-hybridized carbons (Fsp3) is 0.419. The lowest BCUT2D eigenvalue weighted by Gasteiger charge is -2.37. The molecule has 1 saturated heterocycles. The van der Waals surface area contributed by atoms with Crippen molar-refractivity contribution in [2.24, 2.45) is 10.9 Å². The predicted octanol–water partition coefficient (Wildman–Crippen LogP) is 5.91. The number of rotatable bonds is 8. The zero-order valence-corrected chi connectivity index (χ0v) is 26.4. The lowest BCUT2D eigenvalue weighted by molar-refractivity contribution is -0.141. The Hall–Kier alpha value is -3.01. The molecule has 3 aliphatic rings. The molecule has 0 spiro atoms. The van der Waals surface area contributed by atoms with Crippen molar-refractivity contribution >= 4 is 57.9 Å². The van der Waals surface area contributed by atoms with Crippen LogP contribution >= 0.6 is 35.0 Å². The van der Waals surface area contributed by atoms with E-state index in [0.717, 1.165) is 28.4 Å². The van der Waals surface area contributed by atoms with Crippen molar-refractivity contribution in [1.82, 2.24) is 15.1 Å². The highest BCUT2D eigenvalue weighted by Gasteiger charge is 2.54. The average molecular weight is 630 g/mol. The van der Waals surface area contributed by atoms with E-state index in [-0.39, 0.29) is 36.9 Å². The molecule has 1 fully saturated rings. The fourth-order valence-corrected chi connectivity index (χ4v) is 7.58. The third-order valence-electron chi connectivity index (χ3n) is 7.89. The SMILES string of the molecule is CC(=O)OCCNC(=O)[C@H]1CCCN1C(=O)C1=C(C(C)C)N2C(=N[C@@](C)(c3ccc(Cl)cc3)[C@H]2c2ccc(Cl)cc2)S1. The number of hydrogen-bond donors (Lipinski definition) is 1. The highest BCUT2D eigenvalue weighted by molar-refractivity contribution is 8.18. The van der Waals surface area contributed by atoms with Gasteiger partial charge in [-0.1, -0.05) is 61.3 Å². The summed E-state index contributed by atoms with van der Waals surface area (Å²) in [6.45, 7) is 8.36. The van der Waals surface area contributed by atoms with Crippen LogP contribution in [0.4, 0.5) is 0 Å². The van der Waals surface area contributed by atoms with Crippen molar-refractivity contribution in [1.29, 1.82) is 0 Å². The number of nitrogens with zero attached hydrogens (tertiary/aromatic N) is 3. The van der Waals surface area contributed by atoms with Crippen LogP contribution in [0.3, 0.4) is 0 Å². The smallest absolute Gasteiger partial charge is 0.302 e. The molecule has 2 aromatic rings. The number of likely N-dealkylation sites (tertiary alicyclic amines) is 1. The molecule has 42 heavy (non-hydrogen) atoms. The number of fused-ring (bicyclic) bond motifs is 1. The normalized spacial score (nSPS) is 23.4. The maximum atomic E-state index is 14.2. The first kappa shape index (κ1) is 30.4. The summed E-state index contributed by atoms with van der Waals surface area (Å²) in [5.74, 6) is -0.803.